The molecular weight excluding hydrogens is 360 g/mol. The molecule has 0 atom stereocenters. The van der Waals surface area contributed by atoms with Crippen LogP contribution in [0.2, 0.25) is 0 Å². The molecule has 0 unspecified atom stereocenters. The van der Waals surface area contributed by atoms with E-state index < -0.39 is 0 Å². The lowest BCUT2D eigenvalue weighted by Crippen LogP contribution is -2.18. The zero-order valence-corrected chi connectivity index (χ0v) is 16.8. The Morgan fingerprint density at radius 1 is 0.690 bits per heavy atom. The van der Waals surface area contributed by atoms with Crippen molar-refractivity contribution in [3.8, 4) is 0 Å². The van der Waals surface area contributed by atoms with Gasteiger partial charge < -0.3 is 10.6 Å². The van der Waals surface area contributed by atoms with Crippen LogP contribution in [0, 0.1) is 5.92 Å². The largest absolute Gasteiger partial charge is 0.326 e. The molecule has 0 aliphatic heterocycles. The van der Waals surface area contributed by atoms with Crippen LogP contribution in [-0.4, -0.2) is 11.8 Å². The van der Waals surface area contributed by atoms with E-state index in [9.17, 15) is 9.59 Å². The maximum atomic E-state index is 12.7. The Labute approximate surface area is 172 Å². The van der Waals surface area contributed by atoms with Crippen LogP contribution < -0.4 is 10.6 Å². The van der Waals surface area contributed by atoms with Gasteiger partial charge in [0.05, 0.1) is 0 Å². The van der Waals surface area contributed by atoms with E-state index in [1.165, 1.54) is 0 Å². The van der Waals surface area contributed by atoms with Crippen LogP contribution >= 0.6 is 0 Å². The SMILES string of the molecule is CC(C)C(=O)Nc1ccc(NC(=O)CC(c2ccccc2)c2ccccc2)cc1. The molecule has 3 aromatic rings. The normalized spacial score (nSPS) is 10.8. The van der Waals surface area contributed by atoms with Crippen LogP contribution in [0.1, 0.15) is 37.3 Å². The van der Waals surface area contributed by atoms with Gasteiger partial charge in [0.1, 0.15) is 0 Å². The minimum atomic E-state index is -0.0812. The number of hydrogen-bond acceptors (Lipinski definition) is 2. The van der Waals surface area contributed by atoms with Gasteiger partial charge in [0, 0.05) is 29.6 Å². The van der Waals surface area contributed by atoms with Gasteiger partial charge in [-0.3, -0.25) is 9.59 Å². The van der Waals surface area contributed by atoms with E-state index in [0.29, 0.717) is 17.8 Å². The topological polar surface area (TPSA) is 58.2 Å². The molecule has 3 aromatic carbocycles. The van der Waals surface area contributed by atoms with Gasteiger partial charge in [-0.1, -0.05) is 74.5 Å². The Balaban J connectivity index is 1.68. The van der Waals surface area contributed by atoms with Crippen molar-refractivity contribution in [1.29, 1.82) is 0 Å². The summed E-state index contributed by atoms with van der Waals surface area (Å²) in [7, 11) is 0. The van der Waals surface area contributed by atoms with Crippen molar-refractivity contribution in [3.63, 3.8) is 0 Å². The summed E-state index contributed by atoms with van der Waals surface area (Å²) in [4.78, 5) is 24.5. The fourth-order valence-corrected chi connectivity index (χ4v) is 3.12. The first kappa shape index (κ1) is 20.3. The van der Waals surface area contributed by atoms with Crippen molar-refractivity contribution in [3.05, 3.63) is 96.1 Å². The Morgan fingerprint density at radius 2 is 1.14 bits per heavy atom. The summed E-state index contributed by atoms with van der Waals surface area (Å²) in [5, 5.41) is 5.81. The molecule has 148 valence electrons. The Morgan fingerprint density at radius 3 is 1.59 bits per heavy atom. The lowest BCUT2D eigenvalue weighted by Gasteiger charge is -2.18. The Kier molecular flexibility index (Phi) is 6.80. The molecule has 0 bridgehead atoms. The van der Waals surface area contributed by atoms with Gasteiger partial charge in [-0.2, -0.15) is 0 Å². The van der Waals surface area contributed by atoms with Crippen LogP contribution in [0.5, 0.6) is 0 Å². The van der Waals surface area contributed by atoms with E-state index in [0.717, 1.165) is 11.1 Å². The second-order valence-electron chi connectivity index (χ2n) is 7.35. The number of hydrogen-bond donors (Lipinski definition) is 2. The molecule has 0 radical (unpaired) electrons. The van der Waals surface area contributed by atoms with E-state index in [1.807, 2.05) is 50.2 Å². The minimum Gasteiger partial charge on any atom is -0.326 e. The molecule has 3 rings (SSSR count). The molecule has 0 heterocycles. The van der Waals surface area contributed by atoms with Crippen molar-refractivity contribution in [2.75, 3.05) is 10.6 Å². The van der Waals surface area contributed by atoms with Crippen molar-refractivity contribution >= 4 is 23.2 Å². The minimum absolute atomic E-state index is 0.0120. The molecule has 0 aliphatic rings. The number of nitrogens with one attached hydrogen (secondary N) is 2. The molecule has 29 heavy (non-hydrogen) atoms. The Bertz CT molecular complexity index is 896. The lowest BCUT2D eigenvalue weighted by atomic mass is 9.88. The van der Waals surface area contributed by atoms with Crippen molar-refractivity contribution in [1.82, 2.24) is 0 Å². The summed E-state index contributed by atoms with van der Waals surface area (Å²) in [6, 6.07) is 27.3. The smallest absolute Gasteiger partial charge is 0.226 e. The molecule has 0 spiro atoms. The average Bonchev–Trinajstić information content (AvgIpc) is 2.74. The molecule has 0 fully saturated rings. The van der Waals surface area contributed by atoms with Crippen LogP contribution in [0.25, 0.3) is 0 Å². The van der Waals surface area contributed by atoms with Gasteiger partial charge in [0.2, 0.25) is 11.8 Å². The van der Waals surface area contributed by atoms with Gasteiger partial charge in [-0.25, -0.2) is 0 Å². The van der Waals surface area contributed by atoms with E-state index in [1.54, 1.807) is 24.3 Å². The van der Waals surface area contributed by atoms with Crippen LogP contribution in [0.15, 0.2) is 84.9 Å². The molecule has 0 aliphatic carbocycles. The standard InChI is InChI=1S/C25H26N2O2/c1-18(2)25(29)27-22-15-13-21(14-16-22)26-24(28)17-23(19-9-5-3-6-10-19)20-11-7-4-8-12-20/h3-16,18,23H,17H2,1-2H3,(H,26,28)(H,27,29). The second-order valence-corrected chi connectivity index (χ2v) is 7.35. The van der Waals surface area contributed by atoms with Gasteiger partial charge in [0.25, 0.3) is 0 Å². The number of carbonyl (C=O) groups is 2. The van der Waals surface area contributed by atoms with Crippen LogP contribution in [-0.2, 0) is 9.59 Å². The van der Waals surface area contributed by atoms with E-state index in [-0.39, 0.29) is 23.7 Å². The molecule has 0 saturated heterocycles. The fourth-order valence-electron chi connectivity index (χ4n) is 3.12. The zero-order chi connectivity index (χ0) is 20.6. The first-order chi connectivity index (χ1) is 14.0. The Hall–Kier alpha value is -3.40. The summed E-state index contributed by atoms with van der Waals surface area (Å²) >= 11 is 0. The monoisotopic (exact) mass is 386 g/mol. The maximum Gasteiger partial charge on any atom is 0.226 e. The first-order valence-electron chi connectivity index (χ1n) is 9.83. The fraction of sp³-hybridized carbons (Fsp3) is 0.200. The van der Waals surface area contributed by atoms with E-state index in [2.05, 4.69) is 34.9 Å². The predicted molar refractivity (Wildman–Crippen MR) is 118 cm³/mol. The van der Waals surface area contributed by atoms with E-state index >= 15 is 0 Å². The van der Waals surface area contributed by atoms with E-state index in [4.69, 9.17) is 0 Å². The third-order valence-electron chi connectivity index (χ3n) is 4.75. The molecule has 2 N–H and O–H groups in total. The highest BCUT2D eigenvalue weighted by Crippen LogP contribution is 2.28. The third kappa shape index (κ3) is 5.79. The third-order valence-corrected chi connectivity index (χ3v) is 4.75. The summed E-state index contributed by atoms with van der Waals surface area (Å²) in [6.07, 6.45) is 0.347. The second kappa shape index (κ2) is 9.69. The average molecular weight is 386 g/mol. The molecule has 4 heteroatoms. The lowest BCUT2D eigenvalue weighted by molar-refractivity contribution is -0.119. The van der Waals surface area contributed by atoms with Gasteiger partial charge in [-0.15, -0.1) is 0 Å². The summed E-state index contributed by atoms with van der Waals surface area (Å²) in [5.41, 5.74) is 3.65. The number of rotatable bonds is 7. The number of amides is 2. The summed E-state index contributed by atoms with van der Waals surface area (Å²) < 4.78 is 0. The van der Waals surface area contributed by atoms with Crippen LogP contribution in [0.3, 0.4) is 0 Å². The first-order valence-corrected chi connectivity index (χ1v) is 9.83. The molecule has 0 aromatic heterocycles. The number of anilines is 2. The number of carbonyl (C=O) groups excluding carboxylic acids is 2. The maximum absolute atomic E-state index is 12.7. The molecule has 0 saturated carbocycles. The number of benzene rings is 3. The highest BCUT2D eigenvalue weighted by atomic mass is 16.2. The summed E-state index contributed by atoms with van der Waals surface area (Å²) in [6.45, 7) is 3.69. The van der Waals surface area contributed by atoms with Crippen molar-refractivity contribution < 1.29 is 9.59 Å². The highest BCUT2D eigenvalue weighted by molar-refractivity contribution is 5.94. The quantitative estimate of drug-likeness (QED) is 0.568. The highest BCUT2D eigenvalue weighted by Gasteiger charge is 2.18. The van der Waals surface area contributed by atoms with Gasteiger partial charge in [-0.05, 0) is 35.4 Å². The van der Waals surface area contributed by atoms with Gasteiger partial charge in [0.15, 0.2) is 0 Å². The molecule has 4 nitrogen and oxygen atoms in total. The van der Waals surface area contributed by atoms with Crippen molar-refractivity contribution in [2.45, 2.75) is 26.2 Å². The zero-order valence-electron chi connectivity index (χ0n) is 16.8. The van der Waals surface area contributed by atoms with Crippen LogP contribution in [0.4, 0.5) is 11.4 Å². The predicted octanol–water partition coefficient (Wildman–Crippen LogP) is 5.44. The van der Waals surface area contributed by atoms with Gasteiger partial charge >= 0.3 is 0 Å². The summed E-state index contributed by atoms with van der Waals surface area (Å²) in [5.74, 6) is -0.179. The molecular formula is C25H26N2O2. The molecule has 2 amide bonds. The van der Waals surface area contributed by atoms with Crippen molar-refractivity contribution in [2.24, 2.45) is 5.92 Å².